The first-order chi connectivity index (χ1) is 11.6. The molecular weight excluding hydrogens is 312 g/mol. The number of benzene rings is 2. The number of nitrogens with zero attached hydrogens (tertiary/aromatic N) is 2. The first kappa shape index (κ1) is 15.2. The predicted molar refractivity (Wildman–Crippen MR) is 86.5 cm³/mol. The third-order valence-electron chi connectivity index (χ3n) is 2.98. The van der Waals surface area contributed by atoms with E-state index in [1.165, 1.54) is 0 Å². The summed E-state index contributed by atoms with van der Waals surface area (Å²) in [5.41, 5.74) is -1.58. The summed E-state index contributed by atoms with van der Waals surface area (Å²) in [7, 11) is 0. The van der Waals surface area contributed by atoms with Gasteiger partial charge in [0.15, 0.2) is 0 Å². The molecule has 0 amide bonds. The lowest BCUT2D eigenvalue weighted by molar-refractivity contribution is 0.450. The van der Waals surface area contributed by atoms with Crippen LogP contribution in [0.15, 0.2) is 74.4 Å². The van der Waals surface area contributed by atoms with Gasteiger partial charge in [-0.05, 0) is 36.4 Å². The molecule has 0 aliphatic carbocycles. The number of hydrogen-bond acceptors (Lipinski definition) is 6. The Balaban J connectivity index is 1.77. The Bertz CT molecular complexity index is 975. The molecule has 3 N–H and O–H groups in total. The topological polar surface area (TPSA) is 120 Å². The van der Waals surface area contributed by atoms with E-state index >= 15 is 0 Å². The minimum Gasteiger partial charge on any atom is -0.493 e. The van der Waals surface area contributed by atoms with Crippen LogP contribution in [0.2, 0.25) is 0 Å². The normalized spacial score (nSPS) is 10.8. The van der Waals surface area contributed by atoms with Crippen molar-refractivity contribution >= 4 is 11.4 Å². The summed E-state index contributed by atoms with van der Waals surface area (Å²) in [6, 6.07) is 16.0. The molecule has 0 atom stereocenters. The van der Waals surface area contributed by atoms with Gasteiger partial charge in [-0.2, -0.15) is 5.11 Å². The standard InChI is InChI=1S/C16H12N4O4/c21-14-13(15(22)18-16(23)17-14)20-19-10-6-8-12(9-7-10)24-11-4-2-1-3-5-11/h1-9H,(H3,17,18,21,22,23). The quantitative estimate of drug-likeness (QED) is 0.639. The number of aromatic amines is 2. The van der Waals surface area contributed by atoms with Crippen LogP contribution in [0.3, 0.4) is 0 Å². The third-order valence-corrected chi connectivity index (χ3v) is 2.98. The molecule has 0 saturated heterocycles. The highest BCUT2D eigenvalue weighted by Gasteiger charge is 2.07. The summed E-state index contributed by atoms with van der Waals surface area (Å²) in [6.07, 6.45) is 0. The fourth-order valence-electron chi connectivity index (χ4n) is 1.87. The van der Waals surface area contributed by atoms with Crippen molar-refractivity contribution in [3.8, 4) is 17.4 Å². The number of rotatable bonds is 4. The molecule has 24 heavy (non-hydrogen) atoms. The molecule has 8 nitrogen and oxygen atoms in total. The first-order valence-electron chi connectivity index (χ1n) is 6.92. The molecule has 0 fully saturated rings. The summed E-state index contributed by atoms with van der Waals surface area (Å²) in [5, 5.41) is 17.0. The van der Waals surface area contributed by atoms with Crippen LogP contribution in [0, 0.1) is 0 Å². The van der Waals surface area contributed by atoms with Crippen LogP contribution >= 0.6 is 0 Å². The first-order valence-corrected chi connectivity index (χ1v) is 6.92. The van der Waals surface area contributed by atoms with Gasteiger partial charge in [-0.25, -0.2) is 4.79 Å². The fourth-order valence-corrected chi connectivity index (χ4v) is 1.87. The van der Waals surface area contributed by atoms with Gasteiger partial charge in [-0.1, -0.05) is 18.2 Å². The van der Waals surface area contributed by atoms with Crippen molar-refractivity contribution < 1.29 is 9.84 Å². The van der Waals surface area contributed by atoms with Crippen molar-refractivity contribution in [2.24, 2.45) is 10.2 Å². The van der Waals surface area contributed by atoms with E-state index in [0.29, 0.717) is 17.2 Å². The molecule has 0 bridgehead atoms. The largest absolute Gasteiger partial charge is 0.493 e. The second-order valence-corrected chi connectivity index (χ2v) is 4.71. The van der Waals surface area contributed by atoms with Crippen molar-refractivity contribution in [3.63, 3.8) is 0 Å². The molecule has 8 heteroatoms. The molecule has 2 aromatic carbocycles. The van der Waals surface area contributed by atoms with Gasteiger partial charge < -0.3 is 9.84 Å². The van der Waals surface area contributed by atoms with Crippen LogP contribution in [0.1, 0.15) is 0 Å². The van der Waals surface area contributed by atoms with Crippen molar-refractivity contribution in [1.29, 1.82) is 0 Å². The highest BCUT2D eigenvalue weighted by Crippen LogP contribution is 2.25. The molecule has 0 radical (unpaired) electrons. The maximum atomic E-state index is 11.5. The molecule has 0 aliphatic rings. The van der Waals surface area contributed by atoms with Crippen LogP contribution < -0.4 is 16.0 Å². The number of aromatic nitrogens is 2. The fraction of sp³-hybridized carbons (Fsp3) is 0. The zero-order valence-electron chi connectivity index (χ0n) is 12.3. The van der Waals surface area contributed by atoms with Crippen LogP contribution in [0.4, 0.5) is 11.4 Å². The Morgan fingerprint density at radius 3 is 2.17 bits per heavy atom. The summed E-state index contributed by atoms with van der Waals surface area (Å²) in [6.45, 7) is 0. The van der Waals surface area contributed by atoms with Crippen LogP contribution in [-0.2, 0) is 0 Å². The predicted octanol–water partition coefficient (Wildman–Crippen LogP) is 2.98. The smallest absolute Gasteiger partial charge is 0.328 e. The second-order valence-electron chi connectivity index (χ2n) is 4.71. The van der Waals surface area contributed by atoms with E-state index in [2.05, 4.69) is 10.2 Å². The van der Waals surface area contributed by atoms with Crippen molar-refractivity contribution in [2.75, 3.05) is 0 Å². The third kappa shape index (κ3) is 3.55. The summed E-state index contributed by atoms with van der Waals surface area (Å²) in [5.74, 6) is 0.679. The average Bonchev–Trinajstić information content (AvgIpc) is 2.56. The lowest BCUT2D eigenvalue weighted by atomic mass is 10.3. The Morgan fingerprint density at radius 1 is 0.833 bits per heavy atom. The zero-order chi connectivity index (χ0) is 16.9. The average molecular weight is 324 g/mol. The van der Waals surface area contributed by atoms with Crippen molar-refractivity contribution in [2.45, 2.75) is 0 Å². The van der Waals surface area contributed by atoms with Crippen LogP contribution in [0.5, 0.6) is 17.4 Å². The van der Waals surface area contributed by atoms with Gasteiger partial charge in [0.05, 0.1) is 5.69 Å². The van der Waals surface area contributed by atoms with Gasteiger partial charge in [-0.15, -0.1) is 5.11 Å². The van der Waals surface area contributed by atoms with Crippen LogP contribution in [0.25, 0.3) is 0 Å². The SMILES string of the molecule is O=c1[nH]c(O)c(N=Nc2ccc(Oc3ccccc3)cc2)c(=O)[nH]1. The molecule has 0 unspecified atom stereocenters. The maximum Gasteiger partial charge on any atom is 0.328 e. The van der Waals surface area contributed by atoms with Gasteiger partial charge in [0.1, 0.15) is 11.5 Å². The van der Waals surface area contributed by atoms with Gasteiger partial charge in [-0.3, -0.25) is 14.8 Å². The molecular formula is C16H12N4O4. The number of azo groups is 1. The minimum absolute atomic E-state index is 0.376. The zero-order valence-corrected chi connectivity index (χ0v) is 12.3. The number of ether oxygens (including phenoxy) is 1. The molecule has 0 spiro atoms. The van der Waals surface area contributed by atoms with Crippen molar-refractivity contribution in [1.82, 2.24) is 9.97 Å². The summed E-state index contributed by atoms with van der Waals surface area (Å²) in [4.78, 5) is 26.5. The second kappa shape index (κ2) is 6.61. The van der Waals surface area contributed by atoms with E-state index in [4.69, 9.17) is 4.74 Å². The highest BCUT2D eigenvalue weighted by molar-refractivity contribution is 5.45. The lowest BCUT2D eigenvalue weighted by Crippen LogP contribution is -2.20. The Kier molecular flexibility index (Phi) is 4.19. The lowest BCUT2D eigenvalue weighted by Gasteiger charge is -2.04. The molecule has 1 heterocycles. The number of H-pyrrole nitrogens is 2. The molecule has 1 aromatic heterocycles. The molecule has 3 aromatic rings. The van der Waals surface area contributed by atoms with E-state index in [-0.39, 0.29) is 5.69 Å². The Morgan fingerprint density at radius 2 is 1.50 bits per heavy atom. The van der Waals surface area contributed by atoms with Gasteiger partial charge >= 0.3 is 5.69 Å². The number of hydrogen-bond donors (Lipinski definition) is 3. The number of nitrogens with one attached hydrogen (secondary N) is 2. The van der Waals surface area contributed by atoms with E-state index < -0.39 is 17.1 Å². The Hall–Kier alpha value is -3.68. The molecule has 0 aliphatic heterocycles. The highest BCUT2D eigenvalue weighted by atomic mass is 16.5. The summed E-state index contributed by atoms with van der Waals surface area (Å²) >= 11 is 0. The van der Waals surface area contributed by atoms with Gasteiger partial charge in [0.25, 0.3) is 5.56 Å². The summed E-state index contributed by atoms with van der Waals surface area (Å²) < 4.78 is 5.64. The van der Waals surface area contributed by atoms with Crippen molar-refractivity contribution in [3.05, 3.63) is 75.4 Å². The number of aromatic hydroxyl groups is 1. The van der Waals surface area contributed by atoms with Gasteiger partial charge in [0, 0.05) is 0 Å². The molecule has 0 saturated carbocycles. The monoisotopic (exact) mass is 324 g/mol. The minimum atomic E-state index is -0.830. The van der Waals surface area contributed by atoms with E-state index in [1.807, 2.05) is 40.3 Å². The van der Waals surface area contributed by atoms with Gasteiger partial charge in [0.2, 0.25) is 11.6 Å². The van der Waals surface area contributed by atoms with Crippen LogP contribution in [-0.4, -0.2) is 15.1 Å². The Labute approximate surface area is 135 Å². The maximum absolute atomic E-state index is 11.5. The van der Waals surface area contributed by atoms with E-state index in [9.17, 15) is 14.7 Å². The number of para-hydroxylation sites is 1. The van der Waals surface area contributed by atoms with E-state index in [1.54, 1.807) is 24.3 Å². The molecule has 3 rings (SSSR count). The van der Waals surface area contributed by atoms with E-state index in [0.717, 1.165) is 0 Å². The molecule has 120 valence electrons.